The van der Waals surface area contributed by atoms with Crippen LogP contribution in [0.15, 0.2) is 5.38 Å². The van der Waals surface area contributed by atoms with Gasteiger partial charge in [-0.3, -0.25) is 4.90 Å². The molecule has 2 aromatic rings. The van der Waals surface area contributed by atoms with Gasteiger partial charge < -0.3 is 9.64 Å². The first kappa shape index (κ1) is 15.4. The Balaban J connectivity index is 1.42. The molecular weight excluding hydrogens is 330 g/mol. The summed E-state index contributed by atoms with van der Waals surface area (Å²) in [6.07, 6.45) is 0.307. The lowest BCUT2D eigenvalue weighted by molar-refractivity contribution is 0.0579. The van der Waals surface area contributed by atoms with Gasteiger partial charge in [-0.25, -0.2) is 4.98 Å². The molecule has 0 bridgehead atoms. The van der Waals surface area contributed by atoms with Crippen LogP contribution in [0.4, 0.5) is 5.13 Å². The molecule has 4 rings (SSSR count). The summed E-state index contributed by atoms with van der Waals surface area (Å²) in [6, 6.07) is 0. The maximum atomic E-state index is 6.11. The number of anilines is 1. The van der Waals surface area contributed by atoms with Crippen LogP contribution >= 0.6 is 22.7 Å². The Morgan fingerprint density at radius 2 is 2.13 bits per heavy atom. The van der Waals surface area contributed by atoms with Crippen LogP contribution in [0.5, 0.6) is 0 Å². The van der Waals surface area contributed by atoms with Gasteiger partial charge in [0.05, 0.1) is 23.4 Å². The van der Waals surface area contributed by atoms with E-state index in [0.717, 1.165) is 54.5 Å². The maximum absolute atomic E-state index is 6.11. The number of hydrogen-bond acceptors (Lipinski definition) is 8. The van der Waals surface area contributed by atoms with E-state index < -0.39 is 0 Å². The van der Waals surface area contributed by atoms with Gasteiger partial charge in [-0.2, -0.15) is 0 Å². The number of hydrogen-bond donors (Lipinski definition) is 0. The normalized spacial score (nSPS) is 25.6. The number of aryl methyl sites for hydroxylation is 2. The molecule has 8 heteroatoms. The fourth-order valence-electron chi connectivity index (χ4n) is 3.39. The summed E-state index contributed by atoms with van der Waals surface area (Å²) < 4.78 is 6.11. The Bertz CT molecular complexity index is 672. The van der Waals surface area contributed by atoms with Crippen LogP contribution in [-0.2, 0) is 11.3 Å². The number of aromatic nitrogens is 3. The van der Waals surface area contributed by atoms with Crippen molar-refractivity contribution in [2.75, 3.05) is 37.7 Å². The molecule has 2 aromatic heterocycles. The number of nitrogens with zero attached hydrogens (tertiary/aromatic N) is 5. The zero-order chi connectivity index (χ0) is 15.8. The van der Waals surface area contributed by atoms with Crippen molar-refractivity contribution in [3.05, 3.63) is 21.1 Å². The van der Waals surface area contributed by atoms with Gasteiger partial charge in [0.15, 0.2) is 0 Å². The van der Waals surface area contributed by atoms with E-state index in [1.165, 1.54) is 5.69 Å². The molecule has 2 aliphatic rings. The minimum atomic E-state index is 0.307. The van der Waals surface area contributed by atoms with Gasteiger partial charge in [-0.15, -0.1) is 21.5 Å². The molecular formula is C15H21N5OS2. The van der Waals surface area contributed by atoms with Crippen LogP contribution in [0.25, 0.3) is 0 Å². The summed E-state index contributed by atoms with van der Waals surface area (Å²) in [6.45, 7) is 9.78. The zero-order valence-corrected chi connectivity index (χ0v) is 15.1. The molecule has 0 aromatic carbocycles. The van der Waals surface area contributed by atoms with E-state index in [0.29, 0.717) is 12.0 Å². The second-order valence-electron chi connectivity index (χ2n) is 6.27. The van der Waals surface area contributed by atoms with Crippen molar-refractivity contribution in [1.29, 1.82) is 0 Å². The van der Waals surface area contributed by atoms with Crippen molar-refractivity contribution in [2.45, 2.75) is 26.5 Å². The Hall–Kier alpha value is -1.09. The van der Waals surface area contributed by atoms with Crippen LogP contribution < -0.4 is 4.90 Å². The number of thiazole rings is 1. The lowest BCUT2D eigenvalue weighted by atomic mass is 10.1. The average molecular weight is 352 g/mol. The van der Waals surface area contributed by atoms with E-state index in [-0.39, 0.29) is 0 Å². The molecule has 2 atom stereocenters. The van der Waals surface area contributed by atoms with Crippen molar-refractivity contribution in [2.24, 2.45) is 5.92 Å². The quantitative estimate of drug-likeness (QED) is 0.842. The number of ether oxygens (including phenoxy) is 1. The predicted octanol–water partition coefficient (Wildman–Crippen LogP) is 1.95. The van der Waals surface area contributed by atoms with Crippen LogP contribution in [0.1, 0.15) is 15.7 Å². The summed E-state index contributed by atoms with van der Waals surface area (Å²) >= 11 is 3.39. The standard InChI is InChI=1S/C15H21N5OS2/c1-10-16-13(9-22-10)7-19-3-4-21-14-8-20(6-12(14)5-19)15-18-17-11(2)23-15/h9,12,14H,3-8H2,1-2H3/t12-,14+/m0/s1. The SMILES string of the molecule is Cc1nc(CN2CCO[C@@H]3CN(c4nnc(C)s4)C[C@@H]3C2)cs1. The monoisotopic (exact) mass is 351 g/mol. The van der Waals surface area contributed by atoms with Gasteiger partial charge in [0.1, 0.15) is 5.01 Å². The van der Waals surface area contributed by atoms with Crippen LogP contribution in [0.3, 0.4) is 0 Å². The first-order valence-electron chi connectivity index (χ1n) is 7.97. The minimum Gasteiger partial charge on any atom is -0.375 e. The van der Waals surface area contributed by atoms with Crippen molar-refractivity contribution >= 4 is 27.8 Å². The predicted molar refractivity (Wildman–Crippen MR) is 92.2 cm³/mol. The molecule has 0 radical (unpaired) electrons. The highest BCUT2D eigenvalue weighted by Gasteiger charge is 2.37. The lowest BCUT2D eigenvalue weighted by Crippen LogP contribution is -2.32. The van der Waals surface area contributed by atoms with Gasteiger partial charge in [0.25, 0.3) is 0 Å². The average Bonchev–Trinajstić information content (AvgIpc) is 3.19. The molecule has 0 N–H and O–H groups in total. The van der Waals surface area contributed by atoms with Crippen LogP contribution in [-0.4, -0.2) is 59.0 Å². The molecule has 0 amide bonds. The van der Waals surface area contributed by atoms with Crippen molar-refractivity contribution in [3.63, 3.8) is 0 Å². The Labute approximate surface area is 144 Å². The highest BCUT2D eigenvalue weighted by molar-refractivity contribution is 7.15. The van der Waals surface area contributed by atoms with Crippen molar-refractivity contribution < 1.29 is 4.74 Å². The van der Waals surface area contributed by atoms with E-state index in [1.807, 2.05) is 6.92 Å². The third kappa shape index (κ3) is 3.40. The van der Waals surface area contributed by atoms with E-state index in [9.17, 15) is 0 Å². The molecule has 6 nitrogen and oxygen atoms in total. The summed E-state index contributed by atoms with van der Waals surface area (Å²) in [5.41, 5.74) is 1.18. The summed E-state index contributed by atoms with van der Waals surface area (Å²) in [7, 11) is 0. The summed E-state index contributed by atoms with van der Waals surface area (Å²) in [5.74, 6) is 0.529. The molecule has 2 saturated heterocycles. The second-order valence-corrected chi connectivity index (χ2v) is 8.49. The maximum Gasteiger partial charge on any atom is 0.208 e. The Morgan fingerprint density at radius 1 is 1.22 bits per heavy atom. The van der Waals surface area contributed by atoms with E-state index in [1.54, 1.807) is 22.7 Å². The molecule has 23 heavy (non-hydrogen) atoms. The fourth-order valence-corrected chi connectivity index (χ4v) is 4.69. The van der Waals surface area contributed by atoms with Crippen LogP contribution in [0, 0.1) is 19.8 Å². The van der Waals surface area contributed by atoms with Gasteiger partial charge >= 0.3 is 0 Å². The fraction of sp³-hybridized carbons (Fsp3) is 0.667. The third-order valence-corrected chi connectivity index (χ3v) is 6.17. The lowest BCUT2D eigenvalue weighted by Gasteiger charge is -2.22. The molecule has 0 unspecified atom stereocenters. The van der Waals surface area contributed by atoms with Gasteiger partial charge in [0, 0.05) is 44.0 Å². The highest BCUT2D eigenvalue weighted by atomic mass is 32.1. The van der Waals surface area contributed by atoms with E-state index in [2.05, 4.69) is 37.3 Å². The topological polar surface area (TPSA) is 54.4 Å². The van der Waals surface area contributed by atoms with Gasteiger partial charge in [-0.05, 0) is 13.8 Å². The number of fused-ring (bicyclic) bond motifs is 1. The highest BCUT2D eigenvalue weighted by Crippen LogP contribution is 2.30. The minimum absolute atomic E-state index is 0.307. The Kier molecular flexibility index (Phi) is 4.31. The first-order chi connectivity index (χ1) is 11.2. The smallest absolute Gasteiger partial charge is 0.208 e. The summed E-state index contributed by atoms with van der Waals surface area (Å²) in [5, 5.41) is 13.8. The molecule has 4 heterocycles. The first-order valence-corrected chi connectivity index (χ1v) is 9.67. The largest absolute Gasteiger partial charge is 0.375 e. The molecule has 2 aliphatic heterocycles. The van der Waals surface area contributed by atoms with E-state index in [4.69, 9.17) is 4.74 Å². The number of rotatable bonds is 3. The molecule has 0 aliphatic carbocycles. The van der Waals surface area contributed by atoms with Crippen LogP contribution in [0.2, 0.25) is 0 Å². The van der Waals surface area contributed by atoms with Gasteiger partial charge in [0.2, 0.25) is 5.13 Å². The summed E-state index contributed by atoms with van der Waals surface area (Å²) in [4.78, 5) is 9.41. The molecule has 124 valence electrons. The second kappa shape index (κ2) is 6.43. The zero-order valence-electron chi connectivity index (χ0n) is 13.4. The third-order valence-electron chi connectivity index (χ3n) is 4.45. The molecule has 2 fully saturated rings. The Morgan fingerprint density at radius 3 is 2.87 bits per heavy atom. The molecule has 0 spiro atoms. The molecule has 0 saturated carbocycles. The van der Waals surface area contributed by atoms with Crippen molar-refractivity contribution in [3.8, 4) is 0 Å². The van der Waals surface area contributed by atoms with Crippen molar-refractivity contribution in [1.82, 2.24) is 20.1 Å². The van der Waals surface area contributed by atoms with Gasteiger partial charge in [-0.1, -0.05) is 11.3 Å². The van der Waals surface area contributed by atoms with E-state index >= 15 is 0 Å².